The predicted octanol–water partition coefficient (Wildman–Crippen LogP) is 5.54. The van der Waals surface area contributed by atoms with Crippen LogP contribution in [0.5, 0.6) is 0 Å². The van der Waals surface area contributed by atoms with Gasteiger partial charge in [-0.3, -0.25) is 0 Å². The fraction of sp³-hybridized carbons (Fsp3) is 0.700. The van der Waals surface area contributed by atoms with Crippen LogP contribution < -0.4 is 5.32 Å². The molecule has 0 saturated carbocycles. The molecule has 0 aromatic rings. The van der Waals surface area contributed by atoms with Gasteiger partial charge in [-0.15, -0.1) is 0 Å². The molecule has 1 aliphatic carbocycles. The largest absolute Gasteiger partial charge is 0.380 e. The van der Waals surface area contributed by atoms with Gasteiger partial charge in [-0.2, -0.15) is 0 Å². The van der Waals surface area contributed by atoms with Crippen molar-refractivity contribution in [2.24, 2.45) is 5.41 Å². The van der Waals surface area contributed by atoms with E-state index in [0.717, 1.165) is 37.7 Å². The second kappa shape index (κ2) is 6.90. The maximum absolute atomic E-state index is 15.2. The van der Waals surface area contributed by atoms with Gasteiger partial charge in [0, 0.05) is 12.0 Å². The van der Waals surface area contributed by atoms with Gasteiger partial charge < -0.3 is 5.32 Å². The Hall–Kier alpha value is -1.23. The Kier molecular flexibility index (Phi) is 5.90. The van der Waals surface area contributed by atoms with Gasteiger partial charge in [-0.1, -0.05) is 50.8 Å². The fourth-order valence-corrected chi connectivity index (χ4v) is 3.06. The molecule has 0 spiro atoms. The van der Waals surface area contributed by atoms with Gasteiger partial charge in [-0.25, -0.2) is 4.39 Å². The van der Waals surface area contributed by atoms with Gasteiger partial charge in [0.25, 0.3) is 0 Å². The van der Waals surface area contributed by atoms with Gasteiger partial charge in [0.1, 0.15) is 0 Å². The van der Waals surface area contributed by atoms with Crippen molar-refractivity contribution in [3.63, 3.8) is 0 Å². The molecule has 0 amide bonds. The minimum absolute atomic E-state index is 0.00707. The van der Waals surface area contributed by atoms with Crippen LogP contribution in [-0.2, 0) is 0 Å². The van der Waals surface area contributed by atoms with Crippen LogP contribution in [0.4, 0.5) is 4.39 Å². The van der Waals surface area contributed by atoms with E-state index in [0.29, 0.717) is 12.1 Å². The molecular formula is C20H32FN. The van der Waals surface area contributed by atoms with Crippen molar-refractivity contribution in [2.75, 3.05) is 0 Å². The van der Waals surface area contributed by atoms with E-state index in [1.165, 1.54) is 0 Å². The van der Waals surface area contributed by atoms with E-state index < -0.39 is 5.67 Å². The van der Waals surface area contributed by atoms with E-state index in [1.807, 2.05) is 6.92 Å². The van der Waals surface area contributed by atoms with Gasteiger partial charge in [0.2, 0.25) is 5.67 Å². The Morgan fingerprint density at radius 3 is 2.41 bits per heavy atom. The van der Waals surface area contributed by atoms with Crippen LogP contribution in [0.2, 0.25) is 0 Å². The van der Waals surface area contributed by atoms with Crippen LogP contribution in [0.15, 0.2) is 24.4 Å². The van der Waals surface area contributed by atoms with E-state index >= 15 is 4.39 Å². The molecule has 0 aromatic carbocycles. The maximum Gasteiger partial charge on any atom is 0.209 e. The van der Waals surface area contributed by atoms with Crippen LogP contribution in [0.25, 0.3) is 0 Å². The molecule has 1 aliphatic rings. The third kappa shape index (κ3) is 5.20. The zero-order valence-corrected chi connectivity index (χ0v) is 15.0. The minimum atomic E-state index is -1.61. The first-order chi connectivity index (χ1) is 9.99. The molecule has 124 valence electrons. The first-order valence-electron chi connectivity index (χ1n) is 8.31. The normalized spacial score (nSPS) is 22.8. The topological polar surface area (TPSA) is 12.0 Å². The van der Waals surface area contributed by atoms with Crippen molar-refractivity contribution < 1.29 is 4.39 Å². The Labute approximate surface area is 136 Å². The molecule has 0 fully saturated rings. The molecule has 0 aromatic heterocycles. The molecule has 1 unspecified atom stereocenters. The van der Waals surface area contributed by atoms with Crippen molar-refractivity contribution >= 4 is 0 Å². The molecule has 1 rings (SSSR count). The minimum Gasteiger partial charge on any atom is -0.380 e. The Balaban J connectivity index is 2.83. The van der Waals surface area contributed by atoms with Crippen molar-refractivity contribution in [3.8, 4) is 11.8 Å². The Morgan fingerprint density at radius 2 is 1.82 bits per heavy atom. The van der Waals surface area contributed by atoms with E-state index in [4.69, 9.17) is 0 Å². The van der Waals surface area contributed by atoms with E-state index in [1.54, 1.807) is 0 Å². The molecule has 1 atom stereocenters. The highest BCUT2D eigenvalue weighted by Crippen LogP contribution is 2.36. The molecule has 0 aliphatic heterocycles. The smallest absolute Gasteiger partial charge is 0.209 e. The first-order valence-corrected chi connectivity index (χ1v) is 8.31. The predicted molar refractivity (Wildman–Crippen MR) is 94.3 cm³/mol. The highest BCUT2D eigenvalue weighted by molar-refractivity contribution is 5.30. The van der Waals surface area contributed by atoms with Gasteiger partial charge in [0.15, 0.2) is 0 Å². The molecule has 0 bridgehead atoms. The quantitative estimate of drug-likeness (QED) is 0.502. The number of nitrogens with one attached hydrogen (secondary N) is 1. The summed E-state index contributed by atoms with van der Waals surface area (Å²) in [6.45, 7) is 18.6. The van der Waals surface area contributed by atoms with Crippen LogP contribution in [-0.4, -0.2) is 11.2 Å². The van der Waals surface area contributed by atoms with Gasteiger partial charge in [0.05, 0.1) is 5.70 Å². The van der Waals surface area contributed by atoms with E-state index in [-0.39, 0.29) is 11.0 Å². The zero-order chi connectivity index (χ0) is 17.0. The molecule has 22 heavy (non-hydrogen) atoms. The summed E-state index contributed by atoms with van der Waals surface area (Å²) in [5, 5.41) is 3.31. The second-order valence-corrected chi connectivity index (χ2v) is 7.99. The summed E-state index contributed by atoms with van der Waals surface area (Å²) in [5.41, 5.74) is -0.334. The van der Waals surface area contributed by atoms with E-state index in [9.17, 15) is 0 Å². The van der Waals surface area contributed by atoms with Crippen LogP contribution in [0.1, 0.15) is 73.1 Å². The lowest BCUT2D eigenvalue weighted by atomic mass is 9.75. The monoisotopic (exact) mass is 305 g/mol. The summed E-state index contributed by atoms with van der Waals surface area (Å²) < 4.78 is 15.2. The summed E-state index contributed by atoms with van der Waals surface area (Å²) in [5.74, 6) is 5.78. The molecule has 2 heteroatoms. The van der Waals surface area contributed by atoms with E-state index in [2.05, 4.69) is 58.0 Å². The summed E-state index contributed by atoms with van der Waals surface area (Å²) in [6, 6.07) is 0. The van der Waals surface area contributed by atoms with Gasteiger partial charge >= 0.3 is 0 Å². The number of rotatable bonds is 6. The summed E-state index contributed by atoms with van der Waals surface area (Å²) >= 11 is 0. The van der Waals surface area contributed by atoms with Gasteiger partial charge in [-0.05, 0) is 51.9 Å². The number of hydrogen-bond donors (Lipinski definition) is 1. The molecule has 1 N–H and O–H groups in total. The summed E-state index contributed by atoms with van der Waals surface area (Å²) in [4.78, 5) is 0. The fourth-order valence-electron chi connectivity index (χ4n) is 3.06. The maximum atomic E-state index is 15.2. The average Bonchev–Trinajstić information content (AvgIpc) is 2.31. The van der Waals surface area contributed by atoms with Crippen LogP contribution in [0, 0.1) is 17.3 Å². The van der Waals surface area contributed by atoms with Crippen LogP contribution >= 0.6 is 0 Å². The SMILES string of the molecule is C=C(C)C(C)(C)CC(C)(C)NC(=C)C1(F)C#CCCCCC1. The lowest BCUT2D eigenvalue weighted by Gasteiger charge is -2.39. The zero-order valence-electron chi connectivity index (χ0n) is 15.0. The molecule has 0 heterocycles. The molecular weight excluding hydrogens is 273 g/mol. The van der Waals surface area contributed by atoms with Crippen molar-refractivity contribution in [1.29, 1.82) is 0 Å². The van der Waals surface area contributed by atoms with Crippen molar-refractivity contribution in [2.45, 2.75) is 84.4 Å². The number of allylic oxidation sites excluding steroid dienone is 2. The number of alkyl halides is 1. The average molecular weight is 305 g/mol. The third-order valence-corrected chi connectivity index (χ3v) is 4.62. The molecule has 0 saturated heterocycles. The standard InChI is InChI=1S/C20H32FN/c1-16(2)18(4,5)15-19(6,7)22-17(3)20(21)13-11-9-8-10-12-14-20/h22H,1,3,8-11,13,15H2,2,4-7H3. The first kappa shape index (κ1) is 18.8. The Morgan fingerprint density at radius 1 is 1.18 bits per heavy atom. The van der Waals surface area contributed by atoms with Crippen molar-refractivity contribution in [1.82, 2.24) is 5.32 Å². The summed E-state index contributed by atoms with van der Waals surface area (Å²) in [7, 11) is 0. The number of halogens is 1. The molecule has 1 nitrogen and oxygen atoms in total. The second-order valence-electron chi connectivity index (χ2n) is 7.99. The lowest BCUT2D eigenvalue weighted by Crippen LogP contribution is -2.47. The third-order valence-electron chi connectivity index (χ3n) is 4.62. The van der Waals surface area contributed by atoms with Crippen LogP contribution in [0.3, 0.4) is 0 Å². The molecule has 0 radical (unpaired) electrons. The highest BCUT2D eigenvalue weighted by atomic mass is 19.1. The number of hydrogen-bond acceptors (Lipinski definition) is 1. The van der Waals surface area contributed by atoms with Crippen molar-refractivity contribution in [3.05, 3.63) is 24.4 Å². The lowest BCUT2D eigenvalue weighted by molar-refractivity contribution is 0.214. The highest BCUT2D eigenvalue weighted by Gasteiger charge is 2.36. The summed E-state index contributed by atoms with van der Waals surface area (Å²) in [6.07, 6.45) is 5.05. The Bertz CT molecular complexity index is 490.